The van der Waals surface area contributed by atoms with Gasteiger partial charge < -0.3 is 29.0 Å². The normalized spacial score (nSPS) is 14.9. The van der Waals surface area contributed by atoms with Gasteiger partial charge in [0.25, 0.3) is 5.91 Å². The molecule has 41 heavy (non-hydrogen) atoms. The van der Waals surface area contributed by atoms with Gasteiger partial charge in [0.2, 0.25) is 5.76 Å². The molecule has 1 saturated heterocycles. The van der Waals surface area contributed by atoms with Gasteiger partial charge in [-0.1, -0.05) is 65.8 Å². The zero-order valence-corrected chi connectivity index (χ0v) is 22.8. The molecule has 1 aliphatic heterocycles. The van der Waals surface area contributed by atoms with Gasteiger partial charge >= 0.3 is 5.97 Å². The van der Waals surface area contributed by atoms with Gasteiger partial charge in [-0.15, -0.1) is 0 Å². The van der Waals surface area contributed by atoms with Crippen LogP contribution in [-0.4, -0.2) is 60.2 Å². The molecule has 0 spiro atoms. The van der Waals surface area contributed by atoms with Crippen LogP contribution in [0.4, 0.5) is 0 Å². The first kappa shape index (κ1) is 27.9. The monoisotopic (exact) mass is 556 g/mol. The molecule has 10 heteroatoms. The number of nitrogens with one attached hydrogen (secondary N) is 1. The summed E-state index contributed by atoms with van der Waals surface area (Å²) in [4.78, 5) is 31.2. The van der Waals surface area contributed by atoms with E-state index in [2.05, 4.69) is 25.1 Å². The van der Waals surface area contributed by atoms with Crippen LogP contribution in [0.15, 0.2) is 83.5 Å². The van der Waals surface area contributed by atoms with Crippen LogP contribution in [0.1, 0.15) is 50.2 Å². The Labute approximate surface area is 238 Å². The van der Waals surface area contributed by atoms with E-state index in [1.807, 2.05) is 60.7 Å². The Balaban J connectivity index is 1.16. The maximum Gasteiger partial charge on any atom is 0.376 e. The van der Waals surface area contributed by atoms with E-state index in [4.69, 9.17) is 14.0 Å². The number of amides is 1. The molecule has 0 radical (unpaired) electrons. The average Bonchev–Trinajstić information content (AvgIpc) is 3.70. The molecule has 1 aliphatic rings. The maximum absolute atomic E-state index is 13.0. The number of hydrogen-bond donors (Lipinski definition) is 1. The van der Waals surface area contributed by atoms with Gasteiger partial charge in [0.05, 0.1) is 19.0 Å². The molecule has 2 aromatic heterocycles. The van der Waals surface area contributed by atoms with E-state index in [1.54, 1.807) is 12.1 Å². The van der Waals surface area contributed by atoms with E-state index in [-0.39, 0.29) is 23.3 Å². The summed E-state index contributed by atoms with van der Waals surface area (Å²) in [5.41, 5.74) is 3.00. The van der Waals surface area contributed by atoms with Crippen molar-refractivity contribution in [2.45, 2.75) is 25.6 Å². The SMILES string of the molecule is COC(=O)c1cc([C@@H]2CCN(CCNC(=O)c3cc(OCc4ccccc4)c(OCc4ccccc4)cn3)C2)no1. The minimum Gasteiger partial charge on any atom is -0.485 e. The number of carbonyl (C=O) groups excluding carboxylic acids is 2. The van der Waals surface area contributed by atoms with Crippen molar-refractivity contribution in [3.63, 3.8) is 0 Å². The highest BCUT2D eigenvalue weighted by Gasteiger charge is 2.27. The number of benzene rings is 2. The second-order valence-electron chi connectivity index (χ2n) is 9.71. The third kappa shape index (κ3) is 7.49. The Morgan fingerprint density at radius 2 is 1.66 bits per heavy atom. The Bertz CT molecular complexity index is 1440. The molecule has 1 N–H and O–H groups in total. The van der Waals surface area contributed by atoms with Crippen LogP contribution in [0, 0.1) is 0 Å². The summed E-state index contributed by atoms with van der Waals surface area (Å²) in [5.74, 6) is 0.337. The maximum atomic E-state index is 13.0. The summed E-state index contributed by atoms with van der Waals surface area (Å²) in [7, 11) is 1.30. The van der Waals surface area contributed by atoms with Crippen molar-refractivity contribution < 1.29 is 28.3 Å². The topological polar surface area (TPSA) is 116 Å². The number of aromatic nitrogens is 2. The highest BCUT2D eigenvalue weighted by Crippen LogP contribution is 2.29. The molecule has 3 heterocycles. The van der Waals surface area contributed by atoms with Crippen molar-refractivity contribution in [3.8, 4) is 11.5 Å². The van der Waals surface area contributed by atoms with Crippen LogP contribution in [-0.2, 0) is 18.0 Å². The van der Waals surface area contributed by atoms with Gasteiger partial charge in [0.15, 0.2) is 11.5 Å². The molecule has 5 rings (SSSR count). The van der Waals surface area contributed by atoms with E-state index < -0.39 is 5.97 Å². The van der Waals surface area contributed by atoms with E-state index in [0.29, 0.717) is 37.8 Å². The molecular formula is C31H32N4O6. The summed E-state index contributed by atoms with van der Waals surface area (Å²) in [6.07, 6.45) is 2.42. The zero-order valence-electron chi connectivity index (χ0n) is 22.8. The van der Waals surface area contributed by atoms with Gasteiger partial charge in [-0.3, -0.25) is 4.79 Å². The number of carbonyl (C=O) groups is 2. The van der Waals surface area contributed by atoms with Crippen molar-refractivity contribution in [1.82, 2.24) is 20.4 Å². The number of hydrogen-bond acceptors (Lipinski definition) is 9. The van der Waals surface area contributed by atoms with Crippen LogP contribution in [0.5, 0.6) is 11.5 Å². The van der Waals surface area contributed by atoms with E-state index in [9.17, 15) is 9.59 Å². The molecule has 1 atom stereocenters. The summed E-state index contributed by atoms with van der Waals surface area (Å²) in [5, 5.41) is 6.98. The average molecular weight is 557 g/mol. The van der Waals surface area contributed by atoms with Crippen molar-refractivity contribution >= 4 is 11.9 Å². The second-order valence-corrected chi connectivity index (χ2v) is 9.71. The third-order valence-electron chi connectivity index (χ3n) is 6.86. The number of nitrogens with zero attached hydrogens (tertiary/aromatic N) is 3. The van der Waals surface area contributed by atoms with Gasteiger partial charge in [-0.2, -0.15) is 0 Å². The first-order valence-corrected chi connectivity index (χ1v) is 13.5. The second kappa shape index (κ2) is 13.6. The lowest BCUT2D eigenvalue weighted by molar-refractivity contribution is 0.0554. The molecule has 4 aromatic rings. The lowest BCUT2D eigenvalue weighted by Crippen LogP contribution is -2.34. The first-order chi connectivity index (χ1) is 20.1. The summed E-state index contributed by atoms with van der Waals surface area (Å²) in [6, 6.07) is 22.9. The van der Waals surface area contributed by atoms with Crippen molar-refractivity contribution in [2.24, 2.45) is 0 Å². The predicted molar refractivity (Wildman–Crippen MR) is 150 cm³/mol. The molecule has 0 bridgehead atoms. The molecule has 10 nitrogen and oxygen atoms in total. The van der Waals surface area contributed by atoms with Crippen molar-refractivity contribution in [2.75, 3.05) is 33.3 Å². The number of pyridine rings is 1. The lowest BCUT2D eigenvalue weighted by Gasteiger charge is -2.16. The fraction of sp³-hybridized carbons (Fsp3) is 0.290. The molecule has 212 valence electrons. The fourth-order valence-corrected chi connectivity index (χ4v) is 4.61. The summed E-state index contributed by atoms with van der Waals surface area (Å²) >= 11 is 0. The minimum absolute atomic E-state index is 0.101. The van der Waals surface area contributed by atoms with Crippen LogP contribution < -0.4 is 14.8 Å². The Kier molecular flexibility index (Phi) is 9.23. The fourth-order valence-electron chi connectivity index (χ4n) is 4.61. The Morgan fingerprint density at radius 1 is 0.976 bits per heavy atom. The number of methoxy groups -OCH3 is 1. The van der Waals surface area contributed by atoms with Crippen LogP contribution in [0.25, 0.3) is 0 Å². The molecule has 1 fully saturated rings. The summed E-state index contributed by atoms with van der Waals surface area (Å²) in [6.45, 7) is 3.41. The lowest BCUT2D eigenvalue weighted by atomic mass is 10.1. The molecule has 0 aliphatic carbocycles. The van der Waals surface area contributed by atoms with Crippen LogP contribution in [0.3, 0.4) is 0 Å². The van der Waals surface area contributed by atoms with E-state index in [0.717, 1.165) is 36.3 Å². The molecule has 0 saturated carbocycles. The van der Waals surface area contributed by atoms with Crippen molar-refractivity contribution in [3.05, 3.63) is 107 Å². The van der Waals surface area contributed by atoms with Crippen LogP contribution in [0.2, 0.25) is 0 Å². The number of likely N-dealkylation sites (tertiary alicyclic amines) is 1. The number of ether oxygens (including phenoxy) is 3. The number of rotatable bonds is 12. The van der Waals surface area contributed by atoms with E-state index in [1.165, 1.54) is 13.3 Å². The molecular weight excluding hydrogens is 524 g/mol. The zero-order chi connectivity index (χ0) is 28.4. The quantitative estimate of drug-likeness (QED) is 0.256. The highest BCUT2D eigenvalue weighted by atomic mass is 16.5. The minimum atomic E-state index is -0.542. The standard InChI is InChI=1S/C31H32N4O6/c1-38-31(37)28-16-25(34-41-28)24-12-14-35(19-24)15-13-32-30(36)26-17-27(39-20-22-8-4-2-5-9-22)29(18-33-26)40-21-23-10-6-3-7-11-23/h2-11,16-18,24H,12-15,19-21H2,1H3,(H,32,36)/t24-/m1/s1. The highest BCUT2D eigenvalue weighted by molar-refractivity contribution is 5.92. The molecule has 0 unspecified atom stereocenters. The van der Waals surface area contributed by atoms with Gasteiger partial charge in [-0.05, 0) is 24.1 Å². The first-order valence-electron chi connectivity index (χ1n) is 13.5. The van der Waals surface area contributed by atoms with Gasteiger partial charge in [0, 0.05) is 37.7 Å². The summed E-state index contributed by atoms with van der Waals surface area (Å²) < 4.78 is 21.8. The largest absolute Gasteiger partial charge is 0.485 e. The smallest absolute Gasteiger partial charge is 0.376 e. The predicted octanol–water partition coefficient (Wildman–Crippen LogP) is 4.23. The van der Waals surface area contributed by atoms with E-state index >= 15 is 0 Å². The number of esters is 1. The third-order valence-corrected chi connectivity index (χ3v) is 6.86. The Hall–Kier alpha value is -4.70. The van der Waals surface area contributed by atoms with Gasteiger partial charge in [0.1, 0.15) is 18.9 Å². The van der Waals surface area contributed by atoms with Crippen molar-refractivity contribution in [1.29, 1.82) is 0 Å². The van der Waals surface area contributed by atoms with Gasteiger partial charge in [-0.25, -0.2) is 9.78 Å². The Morgan fingerprint density at radius 3 is 2.34 bits per heavy atom. The molecule has 1 amide bonds. The molecule has 2 aromatic carbocycles. The van der Waals surface area contributed by atoms with Crippen LogP contribution >= 0.6 is 0 Å².